The van der Waals surface area contributed by atoms with E-state index in [1.807, 2.05) is 47.3 Å². The summed E-state index contributed by atoms with van der Waals surface area (Å²) < 4.78 is 6.84. The Hall–Kier alpha value is -1.69. The lowest BCUT2D eigenvalue weighted by Gasteiger charge is -2.13. The molecule has 0 aliphatic carbocycles. The topological polar surface area (TPSA) is 59.3 Å². The fourth-order valence-electron chi connectivity index (χ4n) is 1.81. The largest absolute Gasteiger partial charge is 0.395 e. The Morgan fingerprint density at radius 2 is 2.11 bits per heavy atom. The van der Waals surface area contributed by atoms with Gasteiger partial charge >= 0.3 is 0 Å². The summed E-state index contributed by atoms with van der Waals surface area (Å²) in [5, 5.41) is 16.8. The van der Waals surface area contributed by atoms with E-state index < -0.39 is 0 Å². The maximum absolute atomic E-state index is 9.15. The Morgan fingerprint density at radius 1 is 1.32 bits per heavy atom. The van der Waals surface area contributed by atoms with Crippen LogP contribution in [0, 0.1) is 0 Å². The molecule has 0 amide bonds. The molecule has 2 aromatic rings. The van der Waals surface area contributed by atoms with Crippen molar-refractivity contribution >= 4 is 0 Å². The van der Waals surface area contributed by atoms with Gasteiger partial charge in [0.25, 0.3) is 0 Å². The van der Waals surface area contributed by atoms with Gasteiger partial charge in [-0.2, -0.15) is 5.10 Å². The Bertz CT molecular complexity index is 484. The van der Waals surface area contributed by atoms with E-state index in [1.54, 1.807) is 7.11 Å². The average molecular weight is 261 g/mol. The van der Waals surface area contributed by atoms with E-state index in [0.29, 0.717) is 13.2 Å². The first-order chi connectivity index (χ1) is 9.33. The van der Waals surface area contributed by atoms with Crippen LogP contribution >= 0.6 is 0 Å². The van der Waals surface area contributed by atoms with Crippen molar-refractivity contribution in [3.8, 4) is 5.69 Å². The van der Waals surface area contributed by atoms with Crippen LogP contribution in [0.15, 0.2) is 42.6 Å². The summed E-state index contributed by atoms with van der Waals surface area (Å²) in [6.07, 6.45) is 1.93. The van der Waals surface area contributed by atoms with Crippen molar-refractivity contribution in [3.05, 3.63) is 48.3 Å². The van der Waals surface area contributed by atoms with Gasteiger partial charge in [0.1, 0.15) is 0 Å². The molecule has 0 fully saturated rings. The minimum absolute atomic E-state index is 0.0488. The molecule has 2 N–H and O–H groups in total. The number of aliphatic hydroxyl groups is 1. The molecule has 0 aliphatic heterocycles. The van der Waals surface area contributed by atoms with E-state index in [9.17, 15) is 0 Å². The molecule has 102 valence electrons. The Kier molecular flexibility index (Phi) is 5.09. The van der Waals surface area contributed by atoms with E-state index in [2.05, 4.69) is 10.4 Å². The number of rotatable bonds is 7. The van der Waals surface area contributed by atoms with Crippen molar-refractivity contribution in [3.63, 3.8) is 0 Å². The minimum atomic E-state index is -0.0631. The van der Waals surface area contributed by atoms with Crippen LogP contribution in [-0.4, -0.2) is 41.3 Å². The summed E-state index contributed by atoms with van der Waals surface area (Å²) in [6, 6.07) is 11.8. The number of ether oxygens (including phenoxy) is 1. The van der Waals surface area contributed by atoms with Gasteiger partial charge in [0.2, 0.25) is 0 Å². The number of methoxy groups -OCH3 is 1. The molecule has 0 spiro atoms. The molecular weight excluding hydrogens is 242 g/mol. The van der Waals surface area contributed by atoms with Crippen molar-refractivity contribution in [2.75, 3.05) is 20.3 Å². The molecule has 5 nitrogen and oxygen atoms in total. The van der Waals surface area contributed by atoms with E-state index >= 15 is 0 Å². The molecule has 1 aromatic carbocycles. The highest BCUT2D eigenvalue weighted by Gasteiger charge is 2.07. The smallest absolute Gasteiger partial charge is 0.0767 e. The van der Waals surface area contributed by atoms with E-state index in [4.69, 9.17) is 9.84 Å². The third-order valence-corrected chi connectivity index (χ3v) is 2.83. The third kappa shape index (κ3) is 3.89. The van der Waals surface area contributed by atoms with Gasteiger partial charge in [-0.25, -0.2) is 4.68 Å². The zero-order valence-corrected chi connectivity index (χ0v) is 11.0. The third-order valence-electron chi connectivity index (χ3n) is 2.83. The lowest BCUT2D eigenvalue weighted by molar-refractivity contribution is 0.128. The fourth-order valence-corrected chi connectivity index (χ4v) is 1.81. The Morgan fingerprint density at radius 3 is 2.79 bits per heavy atom. The van der Waals surface area contributed by atoms with Gasteiger partial charge in [-0.05, 0) is 18.2 Å². The number of nitrogens with zero attached hydrogens (tertiary/aromatic N) is 2. The predicted molar refractivity (Wildman–Crippen MR) is 73.2 cm³/mol. The van der Waals surface area contributed by atoms with Gasteiger partial charge in [0.05, 0.1) is 30.6 Å². The molecule has 2 rings (SSSR count). The Balaban J connectivity index is 1.94. The number of hydrogen-bond donors (Lipinski definition) is 2. The lowest BCUT2D eigenvalue weighted by Crippen LogP contribution is -2.36. The Labute approximate surface area is 112 Å². The molecule has 1 atom stereocenters. The summed E-state index contributed by atoms with van der Waals surface area (Å²) in [7, 11) is 1.62. The molecule has 0 saturated carbocycles. The van der Waals surface area contributed by atoms with Crippen molar-refractivity contribution in [2.45, 2.75) is 12.6 Å². The van der Waals surface area contributed by atoms with Crippen molar-refractivity contribution < 1.29 is 9.84 Å². The summed E-state index contributed by atoms with van der Waals surface area (Å²) in [5.41, 5.74) is 1.96. The van der Waals surface area contributed by atoms with Gasteiger partial charge in [0, 0.05) is 19.9 Å². The maximum Gasteiger partial charge on any atom is 0.0767 e. The molecule has 1 aromatic heterocycles. The number of benzene rings is 1. The molecule has 1 heterocycles. The number of para-hydroxylation sites is 1. The molecule has 19 heavy (non-hydrogen) atoms. The monoisotopic (exact) mass is 261 g/mol. The standard InChI is InChI=1S/C14H19N3O2/c1-19-11-13(10-18)15-9-12-7-8-17(16-12)14-5-3-2-4-6-14/h2-8,13,15,18H,9-11H2,1H3. The maximum atomic E-state index is 9.15. The van der Waals surface area contributed by atoms with E-state index in [-0.39, 0.29) is 12.6 Å². The summed E-state index contributed by atoms with van der Waals surface area (Å²) in [6.45, 7) is 1.14. The van der Waals surface area contributed by atoms with Crippen LogP contribution in [0.4, 0.5) is 0 Å². The second-order valence-corrected chi connectivity index (χ2v) is 4.30. The van der Waals surface area contributed by atoms with Crippen LogP contribution in [0.1, 0.15) is 5.69 Å². The first-order valence-electron chi connectivity index (χ1n) is 6.26. The van der Waals surface area contributed by atoms with E-state index in [1.165, 1.54) is 0 Å². The predicted octanol–water partition coefficient (Wildman–Crippen LogP) is 0.969. The van der Waals surface area contributed by atoms with Gasteiger partial charge < -0.3 is 15.2 Å². The second-order valence-electron chi connectivity index (χ2n) is 4.30. The first kappa shape index (κ1) is 13.7. The lowest BCUT2D eigenvalue weighted by atomic mass is 10.3. The first-order valence-corrected chi connectivity index (χ1v) is 6.26. The van der Waals surface area contributed by atoms with Gasteiger partial charge in [0.15, 0.2) is 0 Å². The SMILES string of the molecule is COCC(CO)NCc1ccn(-c2ccccc2)n1. The quantitative estimate of drug-likeness (QED) is 0.779. The molecule has 1 unspecified atom stereocenters. The number of nitrogens with one attached hydrogen (secondary N) is 1. The normalized spacial score (nSPS) is 12.5. The van der Waals surface area contributed by atoms with Crippen LogP contribution in [0.3, 0.4) is 0 Å². The molecule has 5 heteroatoms. The second kappa shape index (κ2) is 7.04. The van der Waals surface area contributed by atoms with Crippen LogP contribution in [-0.2, 0) is 11.3 Å². The average Bonchev–Trinajstić information content (AvgIpc) is 2.93. The number of aromatic nitrogens is 2. The highest BCUT2D eigenvalue weighted by molar-refractivity contribution is 5.30. The van der Waals surface area contributed by atoms with Crippen molar-refractivity contribution in [1.82, 2.24) is 15.1 Å². The van der Waals surface area contributed by atoms with Gasteiger partial charge in [-0.15, -0.1) is 0 Å². The molecule has 0 bridgehead atoms. The van der Waals surface area contributed by atoms with Crippen molar-refractivity contribution in [2.24, 2.45) is 0 Å². The fraction of sp³-hybridized carbons (Fsp3) is 0.357. The molecular formula is C14H19N3O2. The molecule has 0 saturated heterocycles. The summed E-state index contributed by atoms with van der Waals surface area (Å²) in [4.78, 5) is 0. The summed E-state index contributed by atoms with van der Waals surface area (Å²) in [5.74, 6) is 0. The highest BCUT2D eigenvalue weighted by atomic mass is 16.5. The molecule has 0 radical (unpaired) electrons. The van der Waals surface area contributed by atoms with Crippen LogP contribution in [0.2, 0.25) is 0 Å². The highest BCUT2D eigenvalue weighted by Crippen LogP contribution is 2.06. The van der Waals surface area contributed by atoms with Gasteiger partial charge in [-0.3, -0.25) is 0 Å². The van der Waals surface area contributed by atoms with Crippen LogP contribution < -0.4 is 5.32 Å². The number of aliphatic hydroxyl groups excluding tert-OH is 1. The summed E-state index contributed by atoms with van der Waals surface area (Å²) >= 11 is 0. The van der Waals surface area contributed by atoms with E-state index in [0.717, 1.165) is 11.4 Å². The zero-order chi connectivity index (χ0) is 13.5. The molecule has 0 aliphatic rings. The van der Waals surface area contributed by atoms with Crippen LogP contribution in [0.25, 0.3) is 5.69 Å². The zero-order valence-electron chi connectivity index (χ0n) is 11.0. The van der Waals surface area contributed by atoms with Crippen molar-refractivity contribution in [1.29, 1.82) is 0 Å². The number of hydrogen-bond acceptors (Lipinski definition) is 4. The minimum Gasteiger partial charge on any atom is -0.395 e. The van der Waals surface area contributed by atoms with Crippen LogP contribution in [0.5, 0.6) is 0 Å². The van der Waals surface area contributed by atoms with Gasteiger partial charge in [-0.1, -0.05) is 18.2 Å².